The molecule has 8 fully saturated rings. The van der Waals surface area contributed by atoms with Gasteiger partial charge >= 0.3 is 0 Å². The number of nitrogens with one attached hydrogen (secondary N) is 1. The second-order valence-corrected chi connectivity index (χ2v) is 20.3. The lowest BCUT2D eigenvalue weighted by Gasteiger charge is -2.64. The normalized spacial score (nSPS) is 50.7. The van der Waals surface area contributed by atoms with Crippen LogP contribution in [0.15, 0.2) is 0 Å². The van der Waals surface area contributed by atoms with Gasteiger partial charge in [-0.05, 0) is 142 Å². The molecule has 0 bridgehead atoms. The molecule has 3 aliphatic heterocycles. The number of hydrogen-bond acceptors (Lipinski definition) is 8. The summed E-state index contributed by atoms with van der Waals surface area (Å²) in [5.41, 5.74) is -1.05. The number of morpholine rings is 1. The zero-order valence-electron chi connectivity index (χ0n) is 32.1. The molecule has 8 rings (SSSR count). The van der Waals surface area contributed by atoms with E-state index in [1.54, 1.807) is 13.8 Å². The molecule has 284 valence electrons. The zero-order valence-corrected chi connectivity index (χ0v) is 32.1. The second kappa shape index (κ2) is 12.1. The Balaban J connectivity index is 0.974. The van der Waals surface area contributed by atoms with E-state index in [1.807, 2.05) is 4.90 Å². The summed E-state index contributed by atoms with van der Waals surface area (Å²) in [6.45, 7) is 19.1. The lowest BCUT2D eigenvalue weighted by atomic mass is 9.41. The summed E-state index contributed by atoms with van der Waals surface area (Å²) >= 11 is 0. The fraction of sp³-hybridized carbons (Fsp3) is 0.976. The molecule has 0 radical (unpaired) electrons. The molecule has 14 atom stereocenters. The number of aliphatic hydroxyl groups is 3. The number of hydrogen-bond donors (Lipinski definition) is 4. The zero-order chi connectivity index (χ0) is 35.6. The van der Waals surface area contributed by atoms with Crippen molar-refractivity contribution in [3.63, 3.8) is 0 Å². The molecule has 3 saturated heterocycles. The van der Waals surface area contributed by atoms with Crippen LogP contribution in [0.3, 0.4) is 0 Å². The third-order valence-electron chi connectivity index (χ3n) is 17.5. The molecule has 0 aromatic carbocycles. The van der Waals surface area contributed by atoms with Gasteiger partial charge < -0.3 is 39.7 Å². The highest BCUT2D eigenvalue weighted by Crippen LogP contribution is 2.89. The van der Waals surface area contributed by atoms with Gasteiger partial charge in [-0.25, -0.2) is 0 Å². The number of nitrogens with zero attached hydrogens (tertiary/aromatic N) is 1. The van der Waals surface area contributed by atoms with Gasteiger partial charge in [0.25, 0.3) is 0 Å². The molecular weight excluding hydrogens is 632 g/mol. The van der Waals surface area contributed by atoms with E-state index < -0.39 is 23.9 Å². The van der Waals surface area contributed by atoms with Crippen molar-refractivity contribution in [3.05, 3.63) is 0 Å². The van der Waals surface area contributed by atoms with Crippen LogP contribution in [0.25, 0.3) is 0 Å². The topological polar surface area (TPSA) is 121 Å². The van der Waals surface area contributed by atoms with E-state index in [0.717, 1.165) is 58.0 Å². The molecule has 9 heteroatoms. The van der Waals surface area contributed by atoms with Crippen LogP contribution in [0.1, 0.15) is 119 Å². The van der Waals surface area contributed by atoms with Crippen molar-refractivity contribution in [2.75, 3.05) is 32.8 Å². The molecule has 3 heterocycles. The summed E-state index contributed by atoms with van der Waals surface area (Å²) in [5, 5.41) is 37.6. The second-order valence-electron chi connectivity index (χ2n) is 20.3. The molecule has 9 nitrogen and oxygen atoms in total. The summed E-state index contributed by atoms with van der Waals surface area (Å²) in [5.74, 6) is 2.26. The molecule has 0 aromatic rings. The van der Waals surface area contributed by atoms with Crippen LogP contribution in [-0.2, 0) is 19.0 Å². The number of carbonyl (C=O) groups is 1. The van der Waals surface area contributed by atoms with Crippen LogP contribution in [-0.4, -0.2) is 101 Å². The summed E-state index contributed by atoms with van der Waals surface area (Å²) in [4.78, 5) is 15.3. The first-order chi connectivity index (χ1) is 23.5. The Labute approximate surface area is 300 Å². The molecule has 1 amide bonds. The van der Waals surface area contributed by atoms with Crippen LogP contribution in [0.5, 0.6) is 0 Å². The number of fused-ring (bicyclic) bond motifs is 4. The third-order valence-corrected chi connectivity index (χ3v) is 17.5. The van der Waals surface area contributed by atoms with Crippen molar-refractivity contribution in [2.45, 2.75) is 162 Å². The minimum absolute atomic E-state index is 0.0144. The summed E-state index contributed by atoms with van der Waals surface area (Å²) in [7, 11) is 0. The van der Waals surface area contributed by atoms with E-state index in [4.69, 9.17) is 14.2 Å². The van der Waals surface area contributed by atoms with Crippen molar-refractivity contribution in [1.29, 1.82) is 0 Å². The first kappa shape index (κ1) is 36.2. The van der Waals surface area contributed by atoms with Gasteiger partial charge in [0, 0.05) is 18.4 Å². The first-order valence-corrected chi connectivity index (χ1v) is 20.5. The van der Waals surface area contributed by atoms with Crippen molar-refractivity contribution in [3.8, 4) is 0 Å². The van der Waals surface area contributed by atoms with Gasteiger partial charge in [-0.15, -0.1) is 0 Å². The maximum Gasteiger partial charge on any atom is 0.223 e. The van der Waals surface area contributed by atoms with Crippen LogP contribution >= 0.6 is 0 Å². The van der Waals surface area contributed by atoms with Gasteiger partial charge in [0.05, 0.1) is 43.2 Å². The van der Waals surface area contributed by atoms with Gasteiger partial charge in [0.15, 0.2) is 6.29 Å². The maximum absolute atomic E-state index is 13.3. The fourth-order valence-corrected chi connectivity index (χ4v) is 14.8. The molecule has 5 saturated carbocycles. The monoisotopic (exact) mass is 701 g/mol. The van der Waals surface area contributed by atoms with Crippen molar-refractivity contribution in [1.82, 2.24) is 10.2 Å². The van der Waals surface area contributed by atoms with E-state index in [-0.39, 0.29) is 57.4 Å². The molecular formula is C41H68N2O7. The smallest absolute Gasteiger partial charge is 0.223 e. The van der Waals surface area contributed by atoms with E-state index in [2.05, 4.69) is 39.9 Å². The van der Waals surface area contributed by atoms with Gasteiger partial charge in [-0.2, -0.15) is 0 Å². The van der Waals surface area contributed by atoms with Crippen molar-refractivity contribution < 1.29 is 34.3 Å². The lowest BCUT2D eigenvalue weighted by Crippen LogP contribution is -2.60. The molecule has 4 unspecified atom stereocenters. The average Bonchev–Trinajstić information content (AvgIpc) is 3.70. The van der Waals surface area contributed by atoms with Crippen LogP contribution < -0.4 is 5.32 Å². The fourth-order valence-electron chi connectivity index (χ4n) is 14.8. The van der Waals surface area contributed by atoms with Crippen LogP contribution in [0.2, 0.25) is 0 Å². The van der Waals surface area contributed by atoms with E-state index in [0.29, 0.717) is 56.2 Å². The average molecular weight is 701 g/mol. The number of aliphatic hydroxyl groups excluding tert-OH is 2. The Kier molecular flexibility index (Phi) is 8.75. The molecule has 0 aromatic heterocycles. The first-order valence-electron chi connectivity index (χ1n) is 20.5. The molecule has 50 heavy (non-hydrogen) atoms. The van der Waals surface area contributed by atoms with E-state index in [1.165, 1.54) is 12.8 Å². The van der Waals surface area contributed by atoms with E-state index in [9.17, 15) is 20.1 Å². The summed E-state index contributed by atoms with van der Waals surface area (Å²) < 4.78 is 19.8. The van der Waals surface area contributed by atoms with Gasteiger partial charge in [-0.1, -0.05) is 34.6 Å². The summed E-state index contributed by atoms with van der Waals surface area (Å²) in [6.07, 6.45) is 8.88. The number of amides is 1. The highest BCUT2D eigenvalue weighted by molar-refractivity contribution is 5.76. The summed E-state index contributed by atoms with van der Waals surface area (Å²) in [6, 6.07) is 0. The van der Waals surface area contributed by atoms with Gasteiger partial charge in [0.1, 0.15) is 6.10 Å². The van der Waals surface area contributed by atoms with Crippen LogP contribution in [0, 0.1) is 56.7 Å². The number of piperidine rings is 1. The molecule has 8 aliphatic rings. The Morgan fingerprint density at radius 1 is 1.02 bits per heavy atom. The molecule has 4 N–H and O–H groups in total. The van der Waals surface area contributed by atoms with Gasteiger partial charge in [0.2, 0.25) is 5.91 Å². The predicted molar refractivity (Wildman–Crippen MR) is 190 cm³/mol. The SMILES string of the molecule is C[C@@H]1CC([C@H](O)C(C)(C)O)OC2[C@H]1[C@@]1(C)CC[C@@]34C[C@@]35CCC(O[C@H]3CN(C(=O)CC6CCNCC6)CCO3)C(C)(C)[C@@H]5CCC4[C@]1(C)[C@H]2O. The minimum Gasteiger partial charge on any atom is -0.390 e. The maximum atomic E-state index is 13.3. The van der Waals surface area contributed by atoms with Crippen LogP contribution in [0.4, 0.5) is 0 Å². The number of carbonyl (C=O) groups excluding carboxylic acids is 1. The largest absolute Gasteiger partial charge is 0.390 e. The van der Waals surface area contributed by atoms with Crippen molar-refractivity contribution >= 4 is 5.91 Å². The Morgan fingerprint density at radius 2 is 1.72 bits per heavy atom. The number of rotatable bonds is 6. The highest BCUT2D eigenvalue weighted by atomic mass is 16.7. The third kappa shape index (κ3) is 5.05. The molecule has 5 aliphatic carbocycles. The standard InChI is InChI=1S/C41H68N2O7/c1-24-20-26(34(45)37(4,5)47)49-33-32(24)38(6)14-15-41-23-40(41)13-10-29(36(2,3)27(40)8-9-28(41)39(38,7)35(33)46)50-31-22-43(18-19-48-31)30(44)21-25-11-16-42-17-12-25/h24-29,31-35,42,45-47H,8-23H2,1-7H3/t24-,26?,27+,28?,29?,31+,32+,33?,34+,35+,38-,39-,40-,41+/m1/s1. The van der Waals surface area contributed by atoms with Crippen molar-refractivity contribution in [2.24, 2.45) is 56.7 Å². The van der Waals surface area contributed by atoms with E-state index >= 15 is 0 Å². The van der Waals surface area contributed by atoms with Gasteiger partial charge in [-0.3, -0.25) is 4.79 Å². The highest BCUT2D eigenvalue weighted by Gasteiger charge is 2.84. The Hall–Kier alpha value is -0.810. The lowest BCUT2D eigenvalue weighted by molar-refractivity contribution is -0.248. The minimum atomic E-state index is -1.26. The quantitative estimate of drug-likeness (QED) is 0.309. The molecule has 2 spiro atoms. The predicted octanol–water partition coefficient (Wildman–Crippen LogP) is 4.89. The number of ether oxygens (including phenoxy) is 3. The Morgan fingerprint density at radius 3 is 2.44 bits per heavy atom. The Bertz CT molecular complexity index is 1310.